The zero-order valence-corrected chi connectivity index (χ0v) is 15.0. The van der Waals surface area contributed by atoms with Gasteiger partial charge in [-0.05, 0) is 31.2 Å². The van der Waals surface area contributed by atoms with Gasteiger partial charge in [0, 0.05) is 23.4 Å². The molecule has 0 bridgehead atoms. The number of carbonyl (C=O) groups is 1. The van der Waals surface area contributed by atoms with Crippen LogP contribution in [0, 0.1) is 11.3 Å². The largest absolute Gasteiger partial charge is 0.386 e. The van der Waals surface area contributed by atoms with Gasteiger partial charge in [-0.1, -0.05) is 36.0 Å². The number of hydrogen-bond donors (Lipinski definition) is 2. The number of nitriles is 1. The summed E-state index contributed by atoms with van der Waals surface area (Å²) >= 11 is 1.37. The highest BCUT2D eigenvalue weighted by molar-refractivity contribution is 7.99. The number of rotatable bonds is 7. The summed E-state index contributed by atoms with van der Waals surface area (Å²) in [7, 11) is 1.49. The maximum Gasteiger partial charge on any atom is 0.252 e. The van der Waals surface area contributed by atoms with Gasteiger partial charge in [0.15, 0.2) is 0 Å². The van der Waals surface area contributed by atoms with Crippen LogP contribution >= 0.6 is 11.8 Å². The topological polar surface area (TPSA) is 82.3 Å². The molecule has 2 aromatic rings. The van der Waals surface area contributed by atoms with Crippen LogP contribution in [0.1, 0.15) is 22.8 Å². The molecule has 0 heterocycles. The molecule has 1 amide bonds. The smallest absolute Gasteiger partial charge is 0.252 e. The first-order valence-electron chi connectivity index (χ1n) is 7.72. The molecule has 6 heteroatoms. The summed E-state index contributed by atoms with van der Waals surface area (Å²) in [5.41, 5.74) is -0.0842. The Bertz CT molecular complexity index is 784. The second kappa shape index (κ2) is 8.67. The third-order valence-electron chi connectivity index (χ3n) is 3.44. The van der Waals surface area contributed by atoms with E-state index in [0.717, 1.165) is 9.79 Å². The van der Waals surface area contributed by atoms with Crippen LogP contribution in [0.2, 0.25) is 0 Å². The van der Waals surface area contributed by atoms with Crippen molar-refractivity contribution in [2.24, 2.45) is 0 Å². The molecule has 1 atom stereocenters. The predicted molar refractivity (Wildman–Crippen MR) is 96.6 cm³/mol. The van der Waals surface area contributed by atoms with Gasteiger partial charge in [-0.3, -0.25) is 4.79 Å². The Morgan fingerprint density at radius 2 is 1.88 bits per heavy atom. The number of ether oxygens (including phenoxy) is 1. The van der Waals surface area contributed by atoms with E-state index in [1.54, 1.807) is 31.2 Å². The molecular weight excluding hydrogens is 336 g/mol. The van der Waals surface area contributed by atoms with Crippen LogP contribution in [0.4, 0.5) is 0 Å². The van der Waals surface area contributed by atoms with E-state index in [4.69, 9.17) is 4.74 Å². The number of aliphatic hydroxyl groups is 1. The van der Waals surface area contributed by atoms with Gasteiger partial charge in [-0.15, -0.1) is 0 Å². The maximum absolute atomic E-state index is 12.5. The second-order valence-electron chi connectivity index (χ2n) is 5.82. The maximum atomic E-state index is 12.5. The fourth-order valence-electron chi connectivity index (χ4n) is 2.24. The van der Waals surface area contributed by atoms with E-state index in [2.05, 4.69) is 11.4 Å². The number of carbonyl (C=O) groups excluding carboxylic acids is 1. The van der Waals surface area contributed by atoms with E-state index in [1.165, 1.54) is 18.9 Å². The minimum atomic E-state index is -1.14. The number of amides is 1. The lowest BCUT2D eigenvalue weighted by Gasteiger charge is -2.22. The Labute approximate surface area is 151 Å². The fourth-order valence-corrected chi connectivity index (χ4v) is 3.26. The summed E-state index contributed by atoms with van der Waals surface area (Å²) in [5, 5.41) is 22.1. The first-order valence-corrected chi connectivity index (χ1v) is 8.54. The average molecular weight is 356 g/mol. The highest BCUT2D eigenvalue weighted by Crippen LogP contribution is 2.32. The molecule has 0 aliphatic carbocycles. The van der Waals surface area contributed by atoms with Crippen molar-refractivity contribution in [3.8, 4) is 6.07 Å². The standard InChI is InChI=1S/C19H20N2O3S/c1-19(23,13-24-2)12-21-18(22)15-8-4-6-10-17(15)25-16-9-5-3-7-14(16)11-20/h3-10,23H,12-13H2,1-2H3,(H,21,22)/t19-/m0/s1. The molecule has 0 aliphatic rings. The van der Waals surface area contributed by atoms with Crippen LogP contribution in [0.5, 0.6) is 0 Å². The molecule has 25 heavy (non-hydrogen) atoms. The Morgan fingerprint density at radius 3 is 2.56 bits per heavy atom. The predicted octanol–water partition coefficient (Wildman–Crippen LogP) is 2.84. The fraction of sp³-hybridized carbons (Fsp3) is 0.263. The summed E-state index contributed by atoms with van der Waals surface area (Å²) < 4.78 is 4.94. The van der Waals surface area contributed by atoms with Crippen molar-refractivity contribution >= 4 is 17.7 Å². The van der Waals surface area contributed by atoms with Gasteiger partial charge in [-0.25, -0.2) is 0 Å². The molecule has 0 unspecified atom stereocenters. The molecule has 0 saturated heterocycles. The SMILES string of the molecule is COC[C@@](C)(O)CNC(=O)c1ccccc1Sc1ccccc1C#N. The normalized spacial score (nSPS) is 12.9. The van der Waals surface area contributed by atoms with Gasteiger partial charge in [0.1, 0.15) is 11.7 Å². The summed E-state index contributed by atoms with van der Waals surface area (Å²) in [5.74, 6) is -0.283. The summed E-state index contributed by atoms with van der Waals surface area (Å²) in [6.45, 7) is 1.80. The lowest BCUT2D eigenvalue weighted by Crippen LogP contribution is -2.43. The highest BCUT2D eigenvalue weighted by Gasteiger charge is 2.22. The number of nitrogens with one attached hydrogen (secondary N) is 1. The van der Waals surface area contributed by atoms with Crippen molar-refractivity contribution < 1.29 is 14.6 Å². The number of benzene rings is 2. The zero-order valence-electron chi connectivity index (χ0n) is 14.2. The first-order chi connectivity index (χ1) is 12.0. The average Bonchev–Trinajstić information content (AvgIpc) is 2.61. The highest BCUT2D eigenvalue weighted by atomic mass is 32.2. The van der Waals surface area contributed by atoms with Gasteiger partial charge in [0.25, 0.3) is 5.91 Å². The molecule has 0 radical (unpaired) electrons. The molecule has 130 valence electrons. The van der Waals surface area contributed by atoms with Crippen molar-refractivity contribution in [2.75, 3.05) is 20.3 Å². The molecule has 2 aromatic carbocycles. The van der Waals surface area contributed by atoms with Gasteiger partial charge < -0.3 is 15.2 Å². The van der Waals surface area contributed by atoms with Crippen molar-refractivity contribution in [1.82, 2.24) is 5.32 Å². The Morgan fingerprint density at radius 1 is 1.24 bits per heavy atom. The quantitative estimate of drug-likeness (QED) is 0.797. The third kappa shape index (κ3) is 5.33. The first kappa shape index (κ1) is 19.0. The summed E-state index contributed by atoms with van der Waals surface area (Å²) in [4.78, 5) is 14.1. The van der Waals surface area contributed by atoms with Gasteiger partial charge >= 0.3 is 0 Å². The molecule has 0 fully saturated rings. The van der Waals surface area contributed by atoms with Crippen LogP contribution in [0.3, 0.4) is 0 Å². The van der Waals surface area contributed by atoms with E-state index < -0.39 is 5.60 Å². The molecule has 0 spiro atoms. The van der Waals surface area contributed by atoms with Crippen molar-refractivity contribution in [3.05, 3.63) is 59.7 Å². The lowest BCUT2D eigenvalue weighted by molar-refractivity contribution is -0.0147. The lowest BCUT2D eigenvalue weighted by atomic mass is 10.1. The van der Waals surface area contributed by atoms with Crippen molar-refractivity contribution in [3.63, 3.8) is 0 Å². The Hall–Kier alpha value is -2.33. The summed E-state index contributed by atoms with van der Waals surface area (Å²) in [6.07, 6.45) is 0. The molecular formula is C19H20N2O3S. The van der Waals surface area contributed by atoms with Gasteiger partial charge in [0.05, 0.1) is 17.7 Å². The Balaban J connectivity index is 2.18. The second-order valence-corrected chi connectivity index (χ2v) is 6.90. The van der Waals surface area contributed by atoms with E-state index in [1.807, 2.05) is 24.3 Å². The molecule has 2 N–H and O–H groups in total. The molecule has 0 saturated carbocycles. The van der Waals surface area contributed by atoms with Gasteiger partial charge in [-0.2, -0.15) is 5.26 Å². The molecule has 2 rings (SSSR count). The van der Waals surface area contributed by atoms with E-state index in [9.17, 15) is 15.2 Å². The van der Waals surface area contributed by atoms with Crippen LogP contribution < -0.4 is 5.32 Å². The van der Waals surface area contributed by atoms with E-state index >= 15 is 0 Å². The van der Waals surface area contributed by atoms with Crippen LogP contribution in [-0.4, -0.2) is 36.9 Å². The van der Waals surface area contributed by atoms with Crippen molar-refractivity contribution in [1.29, 1.82) is 5.26 Å². The van der Waals surface area contributed by atoms with E-state index in [-0.39, 0.29) is 19.1 Å². The van der Waals surface area contributed by atoms with Crippen LogP contribution in [-0.2, 0) is 4.74 Å². The number of methoxy groups -OCH3 is 1. The van der Waals surface area contributed by atoms with E-state index in [0.29, 0.717) is 11.1 Å². The van der Waals surface area contributed by atoms with Crippen LogP contribution in [0.15, 0.2) is 58.3 Å². The van der Waals surface area contributed by atoms with Crippen molar-refractivity contribution in [2.45, 2.75) is 22.3 Å². The monoisotopic (exact) mass is 356 g/mol. The summed E-state index contributed by atoms with van der Waals surface area (Å²) in [6, 6.07) is 16.6. The Kier molecular flexibility index (Phi) is 6.59. The minimum absolute atomic E-state index is 0.0768. The number of nitrogens with zero attached hydrogens (tertiary/aromatic N) is 1. The number of hydrogen-bond acceptors (Lipinski definition) is 5. The molecule has 5 nitrogen and oxygen atoms in total. The minimum Gasteiger partial charge on any atom is -0.386 e. The zero-order chi connectivity index (χ0) is 18.3. The molecule has 0 aromatic heterocycles. The molecule has 0 aliphatic heterocycles. The van der Waals surface area contributed by atoms with Gasteiger partial charge in [0.2, 0.25) is 0 Å². The third-order valence-corrected chi connectivity index (χ3v) is 4.60. The van der Waals surface area contributed by atoms with Crippen LogP contribution in [0.25, 0.3) is 0 Å².